The van der Waals surface area contributed by atoms with Crippen molar-refractivity contribution >= 4 is 11.9 Å². The number of alkyl halides is 3. The molecule has 0 saturated carbocycles. The predicted molar refractivity (Wildman–Crippen MR) is 33.3 cm³/mol. The van der Waals surface area contributed by atoms with E-state index in [-0.39, 0.29) is 4.90 Å². The van der Waals surface area contributed by atoms with E-state index >= 15 is 0 Å². The minimum absolute atomic E-state index is 0.288. The third-order valence-electron chi connectivity index (χ3n) is 1.24. The number of halogens is 3. The second-order valence-electron chi connectivity index (χ2n) is 2.35. The number of carbonyl (C=O) groups is 2. The van der Waals surface area contributed by atoms with E-state index in [9.17, 15) is 27.9 Å². The Morgan fingerprint density at radius 1 is 1.38 bits per heavy atom. The second-order valence-corrected chi connectivity index (χ2v) is 2.35. The summed E-state index contributed by atoms with van der Waals surface area (Å²) in [5.41, 5.74) is 0. The van der Waals surface area contributed by atoms with Gasteiger partial charge in [-0.25, -0.2) is 0 Å². The van der Waals surface area contributed by atoms with Crippen LogP contribution in [0, 0.1) is 0 Å². The number of amides is 1. The van der Waals surface area contributed by atoms with Gasteiger partial charge < -0.3 is 14.8 Å². The molecule has 4 nitrogen and oxygen atoms in total. The van der Waals surface area contributed by atoms with E-state index in [2.05, 4.69) is 0 Å². The summed E-state index contributed by atoms with van der Waals surface area (Å²) < 4.78 is 35.0. The molecule has 0 unspecified atom stereocenters. The predicted octanol–water partition coefficient (Wildman–Crippen LogP) is -0.853. The summed E-state index contributed by atoms with van der Waals surface area (Å²) in [7, 11) is 0.874. The van der Waals surface area contributed by atoms with Crippen LogP contribution in [0.4, 0.5) is 13.2 Å². The molecule has 0 aromatic heterocycles. The molecular formula is C6H7F3NO3-. The molecule has 1 amide bonds. The van der Waals surface area contributed by atoms with E-state index in [0.717, 1.165) is 7.05 Å². The van der Waals surface area contributed by atoms with Crippen LogP contribution in [0.15, 0.2) is 0 Å². The highest BCUT2D eigenvalue weighted by atomic mass is 19.4. The van der Waals surface area contributed by atoms with Crippen molar-refractivity contribution in [1.29, 1.82) is 0 Å². The Hall–Kier alpha value is -1.27. The van der Waals surface area contributed by atoms with Crippen molar-refractivity contribution < 1.29 is 27.9 Å². The van der Waals surface area contributed by atoms with E-state index in [1.54, 1.807) is 0 Å². The number of hydrogen-bond acceptors (Lipinski definition) is 3. The maximum Gasteiger partial charge on any atom is 0.471 e. The van der Waals surface area contributed by atoms with Crippen LogP contribution in [-0.4, -0.2) is 36.5 Å². The number of nitrogens with zero attached hydrogens (tertiary/aromatic N) is 1. The zero-order valence-corrected chi connectivity index (χ0v) is 6.72. The SMILES string of the molecule is CN(CCC(=O)[O-])C(=O)C(F)(F)F. The van der Waals surface area contributed by atoms with E-state index in [1.165, 1.54) is 0 Å². The Morgan fingerprint density at radius 3 is 2.15 bits per heavy atom. The zero-order valence-electron chi connectivity index (χ0n) is 6.72. The minimum Gasteiger partial charge on any atom is -0.550 e. The minimum atomic E-state index is -4.96. The van der Waals surface area contributed by atoms with Crippen LogP contribution in [0.3, 0.4) is 0 Å². The first-order valence-corrected chi connectivity index (χ1v) is 3.27. The molecule has 0 aliphatic rings. The molecule has 0 bridgehead atoms. The van der Waals surface area contributed by atoms with Crippen LogP contribution in [0.2, 0.25) is 0 Å². The quantitative estimate of drug-likeness (QED) is 0.593. The number of carbonyl (C=O) groups excluding carboxylic acids is 2. The summed E-state index contributed by atoms with van der Waals surface area (Å²) in [6, 6.07) is 0. The third-order valence-corrected chi connectivity index (χ3v) is 1.24. The fourth-order valence-corrected chi connectivity index (χ4v) is 0.577. The molecule has 76 valence electrons. The largest absolute Gasteiger partial charge is 0.550 e. The molecule has 0 N–H and O–H groups in total. The van der Waals surface area contributed by atoms with Crippen molar-refractivity contribution in [2.24, 2.45) is 0 Å². The fourth-order valence-electron chi connectivity index (χ4n) is 0.577. The van der Waals surface area contributed by atoms with Crippen molar-refractivity contribution in [3.63, 3.8) is 0 Å². The first kappa shape index (κ1) is 11.7. The second kappa shape index (κ2) is 4.11. The van der Waals surface area contributed by atoms with Crippen LogP contribution in [-0.2, 0) is 9.59 Å². The van der Waals surface area contributed by atoms with Crippen LogP contribution in [0.25, 0.3) is 0 Å². The summed E-state index contributed by atoms with van der Waals surface area (Å²) in [5, 5.41) is 9.85. The van der Waals surface area contributed by atoms with Gasteiger partial charge in [0.15, 0.2) is 0 Å². The highest BCUT2D eigenvalue weighted by molar-refractivity contribution is 5.81. The van der Waals surface area contributed by atoms with Gasteiger partial charge >= 0.3 is 12.1 Å². The summed E-state index contributed by atoms with van der Waals surface area (Å²) in [6.45, 7) is -0.513. The number of aliphatic carboxylic acids is 1. The average Bonchev–Trinajstić information content (AvgIpc) is 1.96. The number of rotatable bonds is 3. The normalized spacial score (nSPS) is 11.1. The van der Waals surface area contributed by atoms with E-state index < -0.39 is 31.0 Å². The van der Waals surface area contributed by atoms with Gasteiger partial charge in [0.25, 0.3) is 0 Å². The Balaban J connectivity index is 4.05. The van der Waals surface area contributed by atoms with Crippen molar-refractivity contribution in [3.8, 4) is 0 Å². The third kappa shape index (κ3) is 4.34. The standard InChI is InChI=1S/C6H8F3NO3/c1-10(3-2-4(11)12)5(13)6(7,8)9/h2-3H2,1H3,(H,11,12)/p-1. The smallest absolute Gasteiger partial charge is 0.471 e. The van der Waals surface area contributed by atoms with Gasteiger partial charge in [-0.1, -0.05) is 0 Å². The first-order valence-electron chi connectivity index (χ1n) is 3.27. The molecule has 0 spiro atoms. The van der Waals surface area contributed by atoms with Crippen LogP contribution < -0.4 is 5.11 Å². The van der Waals surface area contributed by atoms with Crippen molar-refractivity contribution in [1.82, 2.24) is 4.90 Å². The van der Waals surface area contributed by atoms with Gasteiger partial charge in [-0.3, -0.25) is 4.79 Å². The molecule has 0 radical (unpaired) electrons. The Bertz CT molecular complexity index is 214. The van der Waals surface area contributed by atoms with Crippen molar-refractivity contribution in [3.05, 3.63) is 0 Å². The van der Waals surface area contributed by atoms with E-state index in [0.29, 0.717) is 0 Å². The first-order chi connectivity index (χ1) is 5.75. The lowest BCUT2D eigenvalue weighted by molar-refractivity contribution is -0.305. The molecule has 13 heavy (non-hydrogen) atoms. The molecule has 0 aliphatic heterocycles. The van der Waals surface area contributed by atoms with Gasteiger partial charge in [0, 0.05) is 26.0 Å². The molecule has 0 atom stereocenters. The molecule has 0 saturated heterocycles. The Labute approximate surface area is 71.9 Å². The summed E-state index contributed by atoms with van der Waals surface area (Å²) in [5.74, 6) is -3.56. The molecule has 0 aromatic rings. The topological polar surface area (TPSA) is 60.4 Å². The van der Waals surface area contributed by atoms with Gasteiger partial charge in [-0.15, -0.1) is 0 Å². The zero-order chi connectivity index (χ0) is 10.6. The van der Waals surface area contributed by atoms with Gasteiger partial charge in [0.1, 0.15) is 0 Å². The van der Waals surface area contributed by atoms with Crippen molar-refractivity contribution in [2.45, 2.75) is 12.6 Å². The Morgan fingerprint density at radius 2 is 1.85 bits per heavy atom. The van der Waals surface area contributed by atoms with Gasteiger partial charge in [0.2, 0.25) is 0 Å². The highest BCUT2D eigenvalue weighted by Gasteiger charge is 2.40. The van der Waals surface area contributed by atoms with E-state index in [1.807, 2.05) is 0 Å². The maximum absolute atomic E-state index is 11.7. The van der Waals surface area contributed by atoms with Crippen LogP contribution in [0.5, 0.6) is 0 Å². The summed E-state index contributed by atoms with van der Waals surface area (Å²) in [4.78, 5) is 20.5. The lowest BCUT2D eigenvalue weighted by atomic mass is 10.4. The number of carboxylic acid groups (broad SMARTS) is 1. The summed E-state index contributed by atoms with van der Waals surface area (Å²) in [6.07, 6.45) is -5.57. The molecule has 0 aliphatic carbocycles. The Kier molecular flexibility index (Phi) is 3.70. The molecule has 7 heteroatoms. The molecule has 0 fully saturated rings. The van der Waals surface area contributed by atoms with Gasteiger partial charge in [-0.2, -0.15) is 13.2 Å². The molecule has 0 rings (SSSR count). The van der Waals surface area contributed by atoms with Gasteiger partial charge in [-0.05, 0) is 0 Å². The molecule has 0 heterocycles. The van der Waals surface area contributed by atoms with Gasteiger partial charge in [0.05, 0.1) is 0 Å². The highest BCUT2D eigenvalue weighted by Crippen LogP contribution is 2.17. The number of carboxylic acids is 1. The fraction of sp³-hybridized carbons (Fsp3) is 0.667. The number of hydrogen-bond donors (Lipinski definition) is 0. The van der Waals surface area contributed by atoms with E-state index in [4.69, 9.17) is 0 Å². The monoisotopic (exact) mass is 198 g/mol. The molecule has 0 aromatic carbocycles. The van der Waals surface area contributed by atoms with Crippen LogP contribution >= 0.6 is 0 Å². The van der Waals surface area contributed by atoms with Crippen molar-refractivity contribution in [2.75, 3.05) is 13.6 Å². The average molecular weight is 198 g/mol. The molecular weight excluding hydrogens is 191 g/mol. The van der Waals surface area contributed by atoms with Crippen LogP contribution in [0.1, 0.15) is 6.42 Å². The lowest BCUT2D eigenvalue weighted by Crippen LogP contribution is -2.40. The summed E-state index contributed by atoms with van der Waals surface area (Å²) >= 11 is 0. The lowest BCUT2D eigenvalue weighted by Gasteiger charge is -2.18. The maximum atomic E-state index is 11.7.